The van der Waals surface area contributed by atoms with Crippen LogP contribution in [0.15, 0.2) is 18.2 Å². The average molecular weight is 273 g/mol. The van der Waals surface area contributed by atoms with Crippen LogP contribution in [0.4, 0.5) is 5.69 Å². The molecule has 1 aliphatic rings. The summed E-state index contributed by atoms with van der Waals surface area (Å²) in [6.45, 7) is 2.45. The Kier molecular flexibility index (Phi) is 3.66. The second-order valence-corrected chi connectivity index (χ2v) is 5.84. The molecule has 2 atom stereocenters. The summed E-state index contributed by atoms with van der Waals surface area (Å²) >= 11 is 0. The van der Waals surface area contributed by atoms with Crippen LogP contribution in [0.3, 0.4) is 0 Å². The van der Waals surface area contributed by atoms with Gasteiger partial charge in [0.1, 0.15) is 5.82 Å². The number of aliphatic hydroxyl groups is 1. The maximum Gasteiger partial charge on any atom is 0.110 e. The van der Waals surface area contributed by atoms with Crippen LogP contribution in [0.1, 0.15) is 44.5 Å². The summed E-state index contributed by atoms with van der Waals surface area (Å²) in [4.78, 5) is 4.78. The molecule has 20 heavy (non-hydrogen) atoms. The molecule has 2 aromatic rings. The molecule has 108 valence electrons. The van der Waals surface area contributed by atoms with E-state index in [1.807, 2.05) is 12.1 Å². The molecule has 1 fully saturated rings. The van der Waals surface area contributed by atoms with Gasteiger partial charge < -0.3 is 15.4 Å². The Bertz CT molecular complexity index is 605. The van der Waals surface area contributed by atoms with Gasteiger partial charge in [-0.2, -0.15) is 0 Å². The van der Waals surface area contributed by atoms with Crippen molar-refractivity contribution in [2.75, 3.05) is 12.3 Å². The van der Waals surface area contributed by atoms with E-state index in [-0.39, 0.29) is 6.61 Å². The third-order valence-corrected chi connectivity index (χ3v) is 4.45. The van der Waals surface area contributed by atoms with Crippen LogP contribution in [0.25, 0.3) is 11.0 Å². The number of aromatic nitrogens is 2. The summed E-state index contributed by atoms with van der Waals surface area (Å²) in [7, 11) is 0. The Hall–Kier alpha value is -1.55. The molecule has 2 unspecified atom stereocenters. The van der Waals surface area contributed by atoms with Crippen LogP contribution in [0.2, 0.25) is 0 Å². The Balaban J connectivity index is 2.13. The lowest BCUT2D eigenvalue weighted by Crippen LogP contribution is -2.19. The highest BCUT2D eigenvalue weighted by Gasteiger charge is 2.30. The van der Waals surface area contributed by atoms with E-state index in [1.165, 1.54) is 6.42 Å². The quantitative estimate of drug-likeness (QED) is 0.842. The molecule has 1 aliphatic carbocycles. The van der Waals surface area contributed by atoms with Crippen molar-refractivity contribution in [1.29, 1.82) is 0 Å². The second kappa shape index (κ2) is 5.44. The van der Waals surface area contributed by atoms with Gasteiger partial charge >= 0.3 is 0 Å². The van der Waals surface area contributed by atoms with Crippen LogP contribution >= 0.6 is 0 Å². The maximum atomic E-state index is 9.62. The molecule has 0 radical (unpaired) electrons. The van der Waals surface area contributed by atoms with Gasteiger partial charge in [0.25, 0.3) is 0 Å². The smallest absolute Gasteiger partial charge is 0.110 e. The molecule has 3 N–H and O–H groups in total. The minimum Gasteiger partial charge on any atom is -0.399 e. The highest BCUT2D eigenvalue weighted by atomic mass is 16.3. The first-order valence-corrected chi connectivity index (χ1v) is 7.61. The molecule has 4 heteroatoms. The van der Waals surface area contributed by atoms with Gasteiger partial charge in [0, 0.05) is 30.7 Å². The van der Waals surface area contributed by atoms with Gasteiger partial charge in [0.05, 0.1) is 11.0 Å². The molecule has 0 spiro atoms. The van der Waals surface area contributed by atoms with E-state index < -0.39 is 0 Å². The van der Waals surface area contributed by atoms with Crippen LogP contribution in [0, 0.1) is 5.92 Å². The third-order valence-electron chi connectivity index (χ3n) is 4.45. The number of nitrogens with two attached hydrogens (primary N) is 1. The number of anilines is 1. The van der Waals surface area contributed by atoms with Crippen LogP contribution in [-0.2, 0) is 6.42 Å². The number of nitrogen functional groups attached to an aromatic ring is 1. The molecular weight excluding hydrogens is 250 g/mol. The number of benzene rings is 1. The van der Waals surface area contributed by atoms with Crippen molar-refractivity contribution < 1.29 is 5.11 Å². The van der Waals surface area contributed by atoms with Crippen molar-refractivity contribution >= 4 is 16.7 Å². The lowest BCUT2D eigenvalue weighted by molar-refractivity contribution is 0.196. The van der Waals surface area contributed by atoms with Gasteiger partial charge in [0.2, 0.25) is 0 Å². The van der Waals surface area contributed by atoms with Crippen LogP contribution in [0.5, 0.6) is 0 Å². The van der Waals surface area contributed by atoms with E-state index in [4.69, 9.17) is 10.7 Å². The number of fused-ring (bicyclic) bond motifs is 1. The predicted octanol–water partition coefficient (Wildman–Crippen LogP) is 2.90. The Morgan fingerprint density at radius 3 is 3.00 bits per heavy atom. The normalized spacial score (nSPS) is 22.7. The number of hydrogen-bond donors (Lipinski definition) is 2. The molecule has 1 heterocycles. The Morgan fingerprint density at radius 1 is 1.40 bits per heavy atom. The zero-order chi connectivity index (χ0) is 14.1. The van der Waals surface area contributed by atoms with Crippen LogP contribution < -0.4 is 5.73 Å². The van der Waals surface area contributed by atoms with Gasteiger partial charge in [0.15, 0.2) is 0 Å². The van der Waals surface area contributed by atoms with E-state index in [0.717, 1.165) is 48.2 Å². The van der Waals surface area contributed by atoms with Gasteiger partial charge in [-0.15, -0.1) is 0 Å². The fourth-order valence-electron chi connectivity index (χ4n) is 3.51. The summed E-state index contributed by atoms with van der Waals surface area (Å²) in [6.07, 6.45) is 5.49. The van der Waals surface area contributed by atoms with Crippen molar-refractivity contribution in [3.8, 4) is 0 Å². The maximum absolute atomic E-state index is 9.62. The van der Waals surface area contributed by atoms with Crippen molar-refractivity contribution in [3.63, 3.8) is 0 Å². The van der Waals surface area contributed by atoms with Gasteiger partial charge in [-0.1, -0.05) is 13.3 Å². The lowest BCUT2D eigenvalue weighted by atomic mass is 10.0. The minimum atomic E-state index is 0.269. The van der Waals surface area contributed by atoms with E-state index in [2.05, 4.69) is 17.6 Å². The minimum absolute atomic E-state index is 0.269. The summed E-state index contributed by atoms with van der Waals surface area (Å²) in [5, 5.41) is 9.62. The largest absolute Gasteiger partial charge is 0.399 e. The number of aryl methyl sites for hydroxylation is 1. The number of aliphatic hydroxyl groups excluding tert-OH is 1. The molecule has 3 rings (SSSR count). The summed E-state index contributed by atoms with van der Waals surface area (Å²) in [5.41, 5.74) is 8.78. The lowest BCUT2D eigenvalue weighted by Gasteiger charge is -2.22. The fraction of sp³-hybridized carbons (Fsp3) is 0.562. The first kappa shape index (κ1) is 13.4. The number of imidazole rings is 1. The molecule has 1 aromatic carbocycles. The Morgan fingerprint density at radius 2 is 2.25 bits per heavy atom. The molecule has 1 saturated carbocycles. The van der Waals surface area contributed by atoms with E-state index >= 15 is 0 Å². The summed E-state index contributed by atoms with van der Waals surface area (Å²) in [6, 6.07) is 6.35. The zero-order valence-corrected chi connectivity index (χ0v) is 12.0. The van der Waals surface area contributed by atoms with Crippen molar-refractivity contribution in [2.24, 2.45) is 5.92 Å². The van der Waals surface area contributed by atoms with E-state index in [0.29, 0.717) is 12.0 Å². The number of hydrogen-bond acceptors (Lipinski definition) is 3. The first-order valence-electron chi connectivity index (χ1n) is 7.61. The summed E-state index contributed by atoms with van der Waals surface area (Å²) < 4.78 is 2.37. The molecular formula is C16H23N3O. The number of rotatable bonds is 4. The SMILES string of the molecule is CCCc1nc2cc(N)ccc2n1C1CCCC1CO. The summed E-state index contributed by atoms with van der Waals surface area (Å²) in [5.74, 6) is 1.50. The van der Waals surface area contributed by atoms with Crippen molar-refractivity contribution in [3.05, 3.63) is 24.0 Å². The van der Waals surface area contributed by atoms with Crippen molar-refractivity contribution in [1.82, 2.24) is 9.55 Å². The Labute approximate surface area is 119 Å². The average Bonchev–Trinajstić information content (AvgIpc) is 3.01. The molecule has 0 saturated heterocycles. The standard InChI is InChI=1S/C16H23N3O/c1-2-4-16-18-13-9-12(17)7-8-15(13)19(16)14-6-3-5-11(14)10-20/h7-9,11,14,20H,2-6,10,17H2,1H3. The van der Waals surface area contributed by atoms with Gasteiger partial charge in [-0.05, 0) is 37.5 Å². The highest BCUT2D eigenvalue weighted by Crippen LogP contribution is 2.38. The monoisotopic (exact) mass is 273 g/mol. The van der Waals surface area contributed by atoms with Gasteiger partial charge in [-0.25, -0.2) is 4.98 Å². The van der Waals surface area contributed by atoms with Crippen LogP contribution in [-0.4, -0.2) is 21.3 Å². The predicted molar refractivity (Wildman–Crippen MR) is 81.6 cm³/mol. The highest BCUT2D eigenvalue weighted by molar-refractivity contribution is 5.79. The first-order chi connectivity index (χ1) is 9.74. The molecule has 4 nitrogen and oxygen atoms in total. The topological polar surface area (TPSA) is 64.1 Å². The molecule has 0 bridgehead atoms. The molecule has 1 aromatic heterocycles. The van der Waals surface area contributed by atoms with E-state index in [1.54, 1.807) is 0 Å². The fourth-order valence-corrected chi connectivity index (χ4v) is 3.51. The zero-order valence-electron chi connectivity index (χ0n) is 12.0. The van der Waals surface area contributed by atoms with Gasteiger partial charge in [-0.3, -0.25) is 0 Å². The second-order valence-electron chi connectivity index (χ2n) is 5.84. The van der Waals surface area contributed by atoms with E-state index in [9.17, 15) is 5.11 Å². The number of nitrogens with zero attached hydrogens (tertiary/aromatic N) is 2. The molecule has 0 aliphatic heterocycles. The molecule has 0 amide bonds. The third kappa shape index (κ3) is 2.18. The van der Waals surface area contributed by atoms with Crippen molar-refractivity contribution in [2.45, 2.75) is 45.1 Å².